The molecule has 1 aromatic carbocycles. The average Bonchev–Trinajstić information content (AvgIpc) is 3.09. The fraction of sp³-hybridized carbons (Fsp3) is 0.286. The van der Waals surface area contributed by atoms with Gasteiger partial charge in [-0.1, -0.05) is 0 Å². The number of amides is 2. The van der Waals surface area contributed by atoms with Gasteiger partial charge in [0.1, 0.15) is 11.9 Å². The van der Waals surface area contributed by atoms with Crippen molar-refractivity contribution in [2.24, 2.45) is 0 Å². The summed E-state index contributed by atoms with van der Waals surface area (Å²) in [5, 5.41) is 6.98. The third-order valence-corrected chi connectivity index (χ3v) is 5.15. The van der Waals surface area contributed by atoms with E-state index in [-0.39, 0.29) is 18.0 Å². The minimum absolute atomic E-state index is 0.0396. The molecule has 0 radical (unpaired) electrons. The van der Waals surface area contributed by atoms with Crippen LogP contribution in [0.2, 0.25) is 0 Å². The number of rotatable bonds is 3. The van der Waals surface area contributed by atoms with E-state index in [0.29, 0.717) is 36.7 Å². The molecule has 1 saturated heterocycles. The lowest BCUT2D eigenvalue weighted by Gasteiger charge is -2.30. The summed E-state index contributed by atoms with van der Waals surface area (Å²) < 4.78 is 26.9. The highest BCUT2D eigenvalue weighted by atomic mass is 19.2. The molecule has 3 heterocycles. The number of nitrogens with one attached hydrogen (secondary N) is 1. The molecule has 3 aromatic rings. The zero-order chi connectivity index (χ0) is 22.0. The smallest absolute Gasteiger partial charge is 0.254 e. The molecular formula is C21H20F2N6O2. The third-order valence-electron chi connectivity index (χ3n) is 5.15. The van der Waals surface area contributed by atoms with Crippen LogP contribution in [0.15, 0.2) is 42.7 Å². The van der Waals surface area contributed by atoms with Gasteiger partial charge in [-0.15, -0.1) is 0 Å². The van der Waals surface area contributed by atoms with Crippen LogP contribution in [0.1, 0.15) is 44.8 Å². The summed E-state index contributed by atoms with van der Waals surface area (Å²) in [6.45, 7) is 2.58. The van der Waals surface area contributed by atoms with Crippen molar-refractivity contribution in [2.45, 2.75) is 19.4 Å². The molecule has 1 fully saturated rings. The first-order valence-electron chi connectivity index (χ1n) is 9.78. The second kappa shape index (κ2) is 8.58. The van der Waals surface area contributed by atoms with Gasteiger partial charge in [0, 0.05) is 43.2 Å². The molecule has 10 heteroatoms. The standard InChI is InChI=1S/C21H20F2N6O2/c1-13-25-19(27-26-13)18-12-28(20(30)15-3-4-16(22)17(23)11-15)9-2-10-29(18)21(31)14-5-7-24-8-6-14/h3-8,11,18H,2,9-10,12H2,1H3,(H,25,26,27). The molecule has 0 saturated carbocycles. The fourth-order valence-corrected chi connectivity index (χ4v) is 3.62. The summed E-state index contributed by atoms with van der Waals surface area (Å²) in [6.07, 6.45) is 3.58. The Balaban J connectivity index is 1.66. The van der Waals surface area contributed by atoms with Gasteiger partial charge in [0.05, 0.1) is 0 Å². The number of hydrogen-bond donors (Lipinski definition) is 1. The van der Waals surface area contributed by atoms with Crippen molar-refractivity contribution in [1.29, 1.82) is 0 Å². The highest BCUT2D eigenvalue weighted by molar-refractivity contribution is 5.95. The normalized spacial score (nSPS) is 16.8. The predicted molar refractivity (Wildman–Crippen MR) is 106 cm³/mol. The Morgan fingerprint density at radius 2 is 1.81 bits per heavy atom. The first-order chi connectivity index (χ1) is 14.9. The Labute approximate surface area is 176 Å². The topological polar surface area (TPSA) is 95.1 Å². The van der Waals surface area contributed by atoms with Gasteiger partial charge in [0.25, 0.3) is 11.8 Å². The number of aryl methyl sites for hydroxylation is 1. The van der Waals surface area contributed by atoms with E-state index in [4.69, 9.17) is 0 Å². The predicted octanol–water partition coefficient (Wildman–Crippen LogP) is 2.52. The lowest BCUT2D eigenvalue weighted by molar-refractivity contribution is 0.0622. The Kier molecular flexibility index (Phi) is 5.70. The first-order valence-corrected chi connectivity index (χ1v) is 9.78. The lowest BCUT2D eigenvalue weighted by Crippen LogP contribution is -2.40. The van der Waals surface area contributed by atoms with Gasteiger partial charge in [-0.3, -0.25) is 19.7 Å². The molecule has 1 atom stereocenters. The van der Waals surface area contributed by atoms with Crippen molar-refractivity contribution in [3.63, 3.8) is 0 Å². The van der Waals surface area contributed by atoms with Crippen molar-refractivity contribution in [1.82, 2.24) is 30.0 Å². The Hall–Kier alpha value is -3.69. The zero-order valence-corrected chi connectivity index (χ0v) is 16.8. The number of aromatic nitrogens is 4. The van der Waals surface area contributed by atoms with Crippen LogP contribution in [0, 0.1) is 18.6 Å². The Morgan fingerprint density at radius 1 is 1.03 bits per heavy atom. The zero-order valence-electron chi connectivity index (χ0n) is 16.8. The van der Waals surface area contributed by atoms with Crippen LogP contribution in [-0.2, 0) is 0 Å². The number of nitrogens with zero attached hydrogens (tertiary/aromatic N) is 5. The van der Waals surface area contributed by atoms with Gasteiger partial charge < -0.3 is 9.80 Å². The van der Waals surface area contributed by atoms with Crippen LogP contribution in [0.3, 0.4) is 0 Å². The first kappa shape index (κ1) is 20.6. The molecule has 0 aliphatic carbocycles. The Bertz CT molecular complexity index is 1100. The summed E-state index contributed by atoms with van der Waals surface area (Å²) in [7, 11) is 0. The SMILES string of the molecule is Cc1nc(C2CN(C(=O)c3ccc(F)c(F)c3)CCCN2C(=O)c2ccncc2)n[nH]1. The summed E-state index contributed by atoms with van der Waals surface area (Å²) in [5.74, 6) is -1.82. The number of H-pyrrole nitrogens is 1. The monoisotopic (exact) mass is 426 g/mol. The van der Waals surface area contributed by atoms with E-state index in [2.05, 4.69) is 20.2 Å². The third kappa shape index (κ3) is 4.27. The van der Waals surface area contributed by atoms with Crippen molar-refractivity contribution in [3.8, 4) is 0 Å². The van der Waals surface area contributed by atoms with E-state index in [0.717, 1.165) is 12.1 Å². The molecular weight excluding hydrogens is 406 g/mol. The van der Waals surface area contributed by atoms with E-state index in [1.165, 1.54) is 23.4 Å². The van der Waals surface area contributed by atoms with E-state index < -0.39 is 23.6 Å². The maximum Gasteiger partial charge on any atom is 0.254 e. The van der Waals surface area contributed by atoms with Gasteiger partial charge >= 0.3 is 0 Å². The van der Waals surface area contributed by atoms with E-state index in [1.54, 1.807) is 24.0 Å². The second-order valence-corrected chi connectivity index (χ2v) is 7.26. The number of hydrogen-bond acceptors (Lipinski definition) is 5. The number of pyridine rings is 1. The van der Waals surface area contributed by atoms with Crippen LogP contribution in [0.5, 0.6) is 0 Å². The number of aromatic amines is 1. The largest absolute Gasteiger partial charge is 0.336 e. The molecule has 31 heavy (non-hydrogen) atoms. The molecule has 1 unspecified atom stereocenters. The number of benzene rings is 1. The molecule has 1 aliphatic heterocycles. The Morgan fingerprint density at radius 3 is 2.48 bits per heavy atom. The summed E-state index contributed by atoms with van der Waals surface area (Å²) in [4.78, 5) is 37.7. The highest BCUT2D eigenvalue weighted by Gasteiger charge is 2.34. The van der Waals surface area contributed by atoms with Crippen LogP contribution in [0.4, 0.5) is 8.78 Å². The van der Waals surface area contributed by atoms with Crippen molar-refractivity contribution >= 4 is 11.8 Å². The molecule has 2 aromatic heterocycles. The molecule has 0 spiro atoms. The van der Waals surface area contributed by atoms with Crippen LogP contribution in [0.25, 0.3) is 0 Å². The summed E-state index contributed by atoms with van der Waals surface area (Å²) >= 11 is 0. The van der Waals surface area contributed by atoms with Gasteiger partial charge in [-0.05, 0) is 43.7 Å². The minimum atomic E-state index is -1.09. The van der Waals surface area contributed by atoms with Crippen molar-refractivity contribution in [3.05, 3.63) is 77.1 Å². The molecule has 2 amide bonds. The number of carbonyl (C=O) groups excluding carboxylic acids is 2. The second-order valence-electron chi connectivity index (χ2n) is 7.26. The molecule has 4 rings (SSSR count). The van der Waals surface area contributed by atoms with Crippen molar-refractivity contribution < 1.29 is 18.4 Å². The summed E-state index contributed by atoms with van der Waals surface area (Å²) in [6, 6.07) is 5.69. The maximum atomic E-state index is 13.7. The maximum absolute atomic E-state index is 13.7. The van der Waals surface area contributed by atoms with E-state index in [1.807, 2.05) is 0 Å². The molecule has 1 aliphatic rings. The average molecular weight is 426 g/mol. The molecule has 0 bridgehead atoms. The van der Waals surface area contributed by atoms with Gasteiger partial charge in [-0.2, -0.15) is 5.10 Å². The molecule has 1 N–H and O–H groups in total. The molecule has 160 valence electrons. The fourth-order valence-electron chi connectivity index (χ4n) is 3.62. The van der Waals surface area contributed by atoms with E-state index >= 15 is 0 Å². The van der Waals surface area contributed by atoms with Crippen molar-refractivity contribution in [2.75, 3.05) is 19.6 Å². The summed E-state index contributed by atoms with van der Waals surface area (Å²) in [5.41, 5.74) is 0.505. The quantitative estimate of drug-likeness (QED) is 0.695. The van der Waals surface area contributed by atoms with Crippen LogP contribution < -0.4 is 0 Å². The van der Waals surface area contributed by atoms with E-state index in [9.17, 15) is 18.4 Å². The number of halogens is 2. The van der Waals surface area contributed by atoms with Crippen LogP contribution >= 0.6 is 0 Å². The van der Waals surface area contributed by atoms with Gasteiger partial charge in [0.2, 0.25) is 0 Å². The minimum Gasteiger partial charge on any atom is -0.336 e. The van der Waals surface area contributed by atoms with Crippen LogP contribution in [-0.4, -0.2) is 61.4 Å². The van der Waals surface area contributed by atoms with Gasteiger partial charge in [-0.25, -0.2) is 13.8 Å². The lowest BCUT2D eigenvalue weighted by atomic mass is 10.1. The molecule has 8 nitrogen and oxygen atoms in total. The number of carbonyl (C=O) groups is 2. The van der Waals surface area contributed by atoms with Gasteiger partial charge in [0.15, 0.2) is 17.5 Å². The highest BCUT2D eigenvalue weighted by Crippen LogP contribution is 2.26.